The van der Waals surface area contributed by atoms with E-state index in [9.17, 15) is 4.79 Å². The summed E-state index contributed by atoms with van der Waals surface area (Å²) in [7, 11) is 0. The van der Waals surface area contributed by atoms with Gasteiger partial charge in [0.1, 0.15) is 23.8 Å². The third kappa shape index (κ3) is 4.82. The summed E-state index contributed by atoms with van der Waals surface area (Å²) in [6.45, 7) is 1.91. The first kappa shape index (κ1) is 19.6. The van der Waals surface area contributed by atoms with Crippen LogP contribution in [0.15, 0.2) is 73.3 Å². The number of benzene rings is 2. The van der Waals surface area contributed by atoms with Crippen molar-refractivity contribution < 1.29 is 4.79 Å². The molecule has 0 bridgehead atoms. The van der Waals surface area contributed by atoms with Gasteiger partial charge in [0.25, 0.3) is 0 Å². The maximum Gasteiger partial charge on any atom is 0.228 e. The van der Waals surface area contributed by atoms with Gasteiger partial charge in [-0.15, -0.1) is 0 Å². The number of carbonyl (C=O) groups excluding carboxylic acids is 1. The van der Waals surface area contributed by atoms with Crippen molar-refractivity contribution in [3.8, 4) is 5.82 Å². The van der Waals surface area contributed by atoms with E-state index in [1.807, 2.05) is 60.2 Å². The monoisotopic (exact) mass is 418 g/mol. The maximum atomic E-state index is 12.2. The molecule has 0 unspecified atom stereocenters. The number of amides is 1. The summed E-state index contributed by atoms with van der Waals surface area (Å²) < 4.78 is 1.88. The number of carbonyl (C=O) groups is 1. The molecule has 0 atom stereocenters. The minimum Gasteiger partial charge on any atom is -0.340 e. The van der Waals surface area contributed by atoms with Crippen LogP contribution in [0.25, 0.3) is 5.82 Å². The van der Waals surface area contributed by atoms with Crippen LogP contribution in [0, 0.1) is 6.92 Å². The van der Waals surface area contributed by atoms with Crippen LogP contribution in [0.2, 0.25) is 5.02 Å². The molecular weight excluding hydrogens is 400 g/mol. The predicted molar refractivity (Wildman–Crippen MR) is 117 cm³/mol. The van der Waals surface area contributed by atoms with Crippen LogP contribution in [0.1, 0.15) is 11.4 Å². The molecule has 0 aliphatic rings. The normalized spacial score (nSPS) is 10.6. The largest absolute Gasteiger partial charge is 0.340 e. The van der Waals surface area contributed by atoms with Gasteiger partial charge in [0, 0.05) is 34.9 Å². The molecule has 0 fully saturated rings. The maximum absolute atomic E-state index is 12.2. The SMILES string of the molecule is Cc1nccn1-c1cc(Nc2ccc(NC(=O)Cc3ccc(Cl)cc3)cc2)ncn1. The average Bonchev–Trinajstić information content (AvgIpc) is 3.17. The molecule has 150 valence electrons. The van der Waals surface area contributed by atoms with Crippen LogP contribution in [-0.2, 0) is 11.2 Å². The number of halogens is 1. The van der Waals surface area contributed by atoms with Gasteiger partial charge < -0.3 is 10.6 Å². The zero-order valence-electron chi connectivity index (χ0n) is 16.2. The van der Waals surface area contributed by atoms with E-state index in [1.165, 1.54) is 6.33 Å². The van der Waals surface area contributed by atoms with E-state index in [1.54, 1.807) is 18.3 Å². The Kier molecular flexibility index (Phi) is 5.72. The fourth-order valence-electron chi connectivity index (χ4n) is 2.94. The van der Waals surface area contributed by atoms with Crippen molar-refractivity contribution in [3.63, 3.8) is 0 Å². The van der Waals surface area contributed by atoms with Crippen LogP contribution < -0.4 is 10.6 Å². The molecule has 8 heteroatoms. The summed E-state index contributed by atoms with van der Waals surface area (Å²) in [4.78, 5) is 25.0. The first-order valence-electron chi connectivity index (χ1n) is 9.30. The molecule has 30 heavy (non-hydrogen) atoms. The Morgan fingerprint density at radius 2 is 1.73 bits per heavy atom. The van der Waals surface area contributed by atoms with Crippen LogP contribution in [0.5, 0.6) is 0 Å². The Hall–Kier alpha value is -3.71. The lowest BCUT2D eigenvalue weighted by Crippen LogP contribution is -2.14. The van der Waals surface area contributed by atoms with Crippen molar-refractivity contribution in [2.24, 2.45) is 0 Å². The molecule has 2 heterocycles. The number of hydrogen-bond donors (Lipinski definition) is 2. The van der Waals surface area contributed by atoms with Crippen molar-refractivity contribution in [1.82, 2.24) is 19.5 Å². The number of nitrogens with zero attached hydrogens (tertiary/aromatic N) is 4. The quantitative estimate of drug-likeness (QED) is 0.480. The van der Waals surface area contributed by atoms with Gasteiger partial charge in [-0.25, -0.2) is 15.0 Å². The van der Waals surface area contributed by atoms with Crippen LogP contribution in [0.4, 0.5) is 17.2 Å². The molecule has 4 rings (SSSR count). The second-order valence-corrected chi connectivity index (χ2v) is 7.10. The van der Waals surface area contributed by atoms with Gasteiger partial charge in [-0.1, -0.05) is 23.7 Å². The number of imidazole rings is 1. The van der Waals surface area contributed by atoms with E-state index >= 15 is 0 Å². The second-order valence-electron chi connectivity index (χ2n) is 6.66. The second kappa shape index (κ2) is 8.75. The van der Waals surface area contributed by atoms with Crippen LogP contribution >= 0.6 is 11.6 Å². The molecule has 1 amide bonds. The summed E-state index contributed by atoms with van der Waals surface area (Å²) in [5.74, 6) is 2.15. The van der Waals surface area contributed by atoms with Gasteiger partial charge in [-0.05, 0) is 48.9 Å². The van der Waals surface area contributed by atoms with E-state index < -0.39 is 0 Å². The Balaban J connectivity index is 1.38. The highest BCUT2D eigenvalue weighted by atomic mass is 35.5. The fraction of sp³-hybridized carbons (Fsp3) is 0.0909. The Morgan fingerprint density at radius 3 is 2.43 bits per heavy atom. The third-order valence-electron chi connectivity index (χ3n) is 4.44. The van der Waals surface area contributed by atoms with Gasteiger partial charge in [0.2, 0.25) is 5.91 Å². The van der Waals surface area contributed by atoms with Gasteiger partial charge >= 0.3 is 0 Å². The highest BCUT2D eigenvalue weighted by Gasteiger charge is 2.06. The standard InChI is InChI=1S/C22H19ClN6O/c1-15-24-10-11-29(15)21-13-20(25-14-26-21)27-18-6-8-19(9-7-18)28-22(30)12-16-2-4-17(23)5-3-16/h2-11,13-14H,12H2,1H3,(H,28,30)(H,25,26,27). The van der Waals surface area contributed by atoms with Gasteiger partial charge in [0.05, 0.1) is 6.42 Å². The van der Waals surface area contributed by atoms with Crippen molar-refractivity contribution in [3.05, 3.63) is 89.7 Å². The lowest BCUT2D eigenvalue weighted by Gasteiger charge is -2.10. The van der Waals surface area contributed by atoms with Gasteiger partial charge in [-0.3, -0.25) is 9.36 Å². The third-order valence-corrected chi connectivity index (χ3v) is 4.70. The van der Waals surface area contributed by atoms with Crippen molar-refractivity contribution in [2.45, 2.75) is 13.3 Å². The Bertz CT molecular complexity index is 1150. The minimum absolute atomic E-state index is 0.0887. The number of aryl methyl sites for hydroxylation is 1. The zero-order valence-corrected chi connectivity index (χ0v) is 17.0. The number of nitrogens with one attached hydrogen (secondary N) is 2. The van der Waals surface area contributed by atoms with Gasteiger partial charge in [-0.2, -0.15) is 0 Å². The predicted octanol–water partition coefficient (Wildman–Crippen LogP) is 4.55. The molecule has 0 aliphatic heterocycles. The fourth-order valence-corrected chi connectivity index (χ4v) is 3.07. The molecule has 2 aromatic heterocycles. The summed E-state index contributed by atoms with van der Waals surface area (Å²) in [5, 5.41) is 6.79. The molecule has 0 saturated heterocycles. The van der Waals surface area contributed by atoms with Gasteiger partial charge in [0.15, 0.2) is 0 Å². The summed E-state index contributed by atoms with van der Waals surface area (Å²) in [6, 6.07) is 16.5. The lowest BCUT2D eigenvalue weighted by molar-refractivity contribution is -0.115. The van der Waals surface area contributed by atoms with E-state index in [4.69, 9.17) is 11.6 Å². The van der Waals surface area contributed by atoms with E-state index in [2.05, 4.69) is 25.6 Å². The van der Waals surface area contributed by atoms with E-state index in [-0.39, 0.29) is 12.3 Å². The molecule has 2 aromatic carbocycles. The first-order valence-corrected chi connectivity index (χ1v) is 9.68. The van der Waals surface area contributed by atoms with Crippen LogP contribution in [-0.4, -0.2) is 25.4 Å². The summed E-state index contributed by atoms with van der Waals surface area (Å²) >= 11 is 5.87. The van der Waals surface area contributed by atoms with E-state index in [0.717, 1.165) is 28.6 Å². The molecule has 7 nitrogen and oxygen atoms in total. The van der Waals surface area contributed by atoms with Crippen molar-refractivity contribution in [2.75, 3.05) is 10.6 Å². The Labute approximate surface area is 178 Å². The number of hydrogen-bond acceptors (Lipinski definition) is 5. The topological polar surface area (TPSA) is 84.7 Å². The summed E-state index contributed by atoms with van der Waals surface area (Å²) in [6.07, 6.45) is 5.37. The summed E-state index contributed by atoms with van der Waals surface area (Å²) in [5.41, 5.74) is 2.47. The molecule has 0 aliphatic carbocycles. The molecule has 0 saturated carbocycles. The molecule has 0 spiro atoms. The van der Waals surface area contributed by atoms with Crippen molar-refractivity contribution >= 4 is 34.7 Å². The minimum atomic E-state index is -0.0887. The molecule has 4 aromatic rings. The number of anilines is 3. The lowest BCUT2D eigenvalue weighted by atomic mass is 10.1. The van der Waals surface area contributed by atoms with Crippen molar-refractivity contribution in [1.29, 1.82) is 0 Å². The average molecular weight is 419 g/mol. The number of rotatable bonds is 6. The molecular formula is C22H19ClN6O. The first-order chi connectivity index (χ1) is 14.6. The zero-order chi connectivity index (χ0) is 20.9. The van der Waals surface area contributed by atoms with E-state index in [0.29, 0.717) is 10.8 Å². The molecule has 2 N–H and O–H groups in total. The smallest absolute Gasteiger partial charge is 0.228 e. The highest BCUT2D eigenvalue weighted by Crippen LogP contribution is 2.19. The Morgan fingerprint density at radius 1 is 1.00 bits per heavy atom. The molecule has 0 radical (unpaired) electrons. The highest BCUT2D eigenvalue weighted by molar-refractivity contribution is 6.30. The van der Waals surface area contributed by atoms with Crippen LogP contribution in [0.3, 0.4) is 0 Å². The number of aromatic nitrogens is 4.